The molecule has 0 aliphatic carbocycles. The molecular formula is C12H24O4Si. The number of carbonyl (C=O) groups excluding carboxylic acids is 1. The summed E-state index contributed by atoms with van der Waals surface area (Å²) in [7, 11) is -2.74. The zero-order valence-corrected chi connectivity index (χ0v) is 12.2. The third kappa shape index (κ3) is 9.09. The van der Waals surface area contributed by atoms with E-state index in [1.807, 2.05) is 13.8 Å². The van der Waals surface area contributed by atoms with Crippen LogP contribution in [0.4, 0.5) is 0 Å². The van der Waals surface area contributed by atoms with Crippen molar-refractivity contribution in [3.8, 4) is 0 Å². The Morgan fingerprint density at radius 2 is 2.24 bits per heavy atom. The third-order valence-corrected chi connectivity index (χ3v) is 3.48. The molecule has 0 saturated heterocycles. The van der Waals surface area contributed by atoms with Crippen LogP contribution < -0.4 is 0 Å². The fourth-order valence-corrected chi connectivity index (χ4v) is 2.40. The van der Waals surface area contributed by atoms with Crippen molar-refractivity contribution in [2.45, 2.75) is 46.3 Å². The first-order valence-electron chi connectivity index (χ1n) is 6.43. The highest BCUT2D eigenvalue weighted by Crippen LogP contribution is 2.05. The van der Waals surface area contributed by atoms with Crippen molar-refractivity contribution >= 4 is 15.2 Å². The lowest BCUT2D eigenvalue weighted by atomic mass is 10.2. The molecule has 4 nitrogen and oxygen atoms in total. The van der Waals surface area contributed by atoms with Gasteiger partial charge in [0.15, 0.2) is 0 Å². The highest BCUT2D eigenvalue weighted by atomic mass is 28.3. The van der Waals surface area contributed by atoms with Crippen LogP contribution in [0.2, 0.25) is 6.55 Å². The average Bonchev–Trinajstić information content (AvgIpc) is 2.22. The highest BCUT2D eigenvalue weighted by Gasteiger charge is 2.10. The first-order valence-corrected chi connectivity index (χ1v) is 7.74. The van der Waals surface area contributed by atoms with E-state index in [0.29, 0.717) is 25.2 Å². The number of hydrogen-bond donors (Lipinski definition) is 0. The Kier molecular flexibility index (Phi) is 7.95. The molecule has 17 heavy (non-hydrogen) atoms. The minimum absolute atomic E-state index is 0.0609. The standard InChI is InChI=1S/C12H24O4Si/c1-6-15-17(5)16-11(4)8-7-9-14-12(13)10(2)3/h11,17H,2,6-9H2,1,3-5H3/i17D. The van der Waals surface area contributed by atoms with E-state index in [4.69, 9.17) is 14.8 Å². The molecule has 0 N–H and O–H groups in total. The fraction of sp³-hybridized carbons (Fsp3) is 0.750. The molecule has 0 aromatic rings. The van der Waals surface area contributed by atoms with Crippen LogP contribution in [-0.2, 0) is 18.4 Å². The third-order valence-electron chi connectivity index (χ3n) is 2.05. The second-order valence-electron chi connectivity index (χ2n) is 3.91. The lowest BCUT2D eigenvalue weighted by Crippen LogP contribution is -2.24. The van der Waals surface area contributed by atoms with Crippen molar-refractivity contribution in [1.29, 1.82) is 1.23 Å². The van der Waals surface area contributed by atoms with E-state index in [1.165, 1.54) is 0 Å². The second kappa shape index (κ2) is 9.38. The SMILES string of the molecule is [2H][Si](C)(OCC)OC(C)CCCOC(=O)C(=C)C. The van der Waals surface area contributed by atoms with Gasteiger partial charge in [-0.15, -0.1) is 0 Å². The summed E-state index contributed by atoms with van der Waals surface area (Å²) in [4.78, 5) is 11.1. The van der Waals surface area contributed by atoms with E-state index < -0.39 is 9.22 Å². The van der Waals surface area contributed by atoms with E-state index in [0.717, 1.165) is 6.42 Å². The Bertz CT molecular complexity index is 281. The highest BCUT2D eigenvalue weighted by molar-refractivity contribution is 6.42. The van der Waals surface area contributed by atoms with Crippen molar-refractivity contribution in [3.05, 3.63) is 12.2 Å². The predicted molar refractivity (Wildman–Crippen MR) is 70.2 cm³/mol. The van der Waals surface area contributed by atoms with E-state index in [2.05, 4.69) is 6.58 Å². The number of carbonyl (C=O) groups is 1. The Morgan fingerprint density at radius 1 is 1.59 bits per heavy atom. The van der Waals surface area contributed by atoms with Gasteiger partial charge in [-0.3, -0.25) is 0 Å². The molecule has 0 spiro atoms. The van der Waals surface area contributed by atoms with Gasteiger partial charge in [0.05, 0.1) is 7.84 Å². The molecule has 2 atom stereocenters. The van der Waals surface area contributed by atoms with Gasteiger partial charge in [-0.2, -0.15) is 0 Å². The Hall–Kier alpha value is -0.653. The van der Waals surface area contributed by atoms with Gasteiger partial charge in [-0.05, 0) is 40.2 Å². The van der Waals surface area contributed by atoms with Crippen molar-refractivity contribution in [3.63, 3.8) is 0 Å². The number of rotatable bonds is 9. The first kappa shape index (κ1) is 14.4. The Labute approximate surface area is 107 Å². The average molecular weight is 261 g/mol. The normalized spacial score (nSPS) is 16.8. The van der Waals surface area contributed by atoms with Gasteiger partial charge in [0, 0.05) is 18.3 Å². The lowest BCUT2D eigenvalue weighted by molar-refractivity contribution is -0.139. The summed E-state index contributed by atoms with van der Waals surface area (Å²) in [6.45, 7) is 11.4. The van der Waals surface area contributed by atoms with Crippen molar-refractivity contribution in [2.24, 2.45) is 0 Å². The van der Waals surface area contributed by atoms with Crippen molar-refractivity contribution in [2.75, 3.05) is 13.2 Å². The summed E-state index contributed by atoms with van der Waals surface area (Å²) < 4.78 is 23.6. The van der Waals surface area contributed by atoms with Gasteiger partial charge >= 0.3 is 15.2 Å². The van der Waals surface area contributed by atoms with Crippen molar-refractivity contribution in [1.82, 2.24) is 0 Å². The molecule has 0 aliphatic heterocycles. The molecular weight excluding hydrogens is 236 g/mol. The smallest absolute Gasteiger partial charge is 0.333 e. The molecule has 2 unspecified atom stereocenters. The van der Waals surface area contributed by atoms with E-state index >= 15 is 0 Å². The Balaban J connectivity index is 3.74. The van der Waals surface area contributed by atoms with Gasteiger partial charge in [-0.1, -0.05) is 6.58 Å². The maximum atomic E-state index is 11.1. The summed E-state index contributed by atoms with van der Waals surface area (Å²) in [5.74, 6) is -0.363. The van der Waals surface area contributed by atoms with Crippen LogP contribution in [0, 0.1) is 0 Å². The van der Waals surface area contributed by atoms with E-state index in [-0.39, 0.29) is 12.1 Å². The molecule has 0 amide bonds. The summed E-state index contributed by atoms with van der Waals surface area (Å²) in [6.07, 6.45) is 1.38. The summed E-state index contributed by atoms with van der Waals surface area (Å²) >= 11 is 0. The molecule has 0 radical (unpaired) electrons. The lowest BCUT2D eigenvalue weighted by Gasteiger charge is -2.17. The minimum Gasteiger partial charge on any atom is -0.462 e. The van der Waals surface area contributed by atoms with Crippen LogP contribution in [-0.4, -0.2) is 35.7 Å². The van der Waals surface area contributed by atoms with E-state index in [9.17, 15) is 4.79 Å². The van der Waals surface area contributed by atoms with Crippen LogP contribution in [0.1, 0.15) is 33.6 Å². The van der Waals surface area contributed by atoms with E-state index in [1.54, 1.807) is 13.5 Å². The molecule has 0 aliphatic rings. The van der Waals surface area contributed by atoms with Crippen LogP contribution in [0.15, 0.2) is 12.2 Å². The number of esters is 1. The van der Waals surface area contributed by atoms with Gasteiger partial charge < -0.3 is 13.6 Å². The maximum absolute atomic E-state index is 11.1. The van der Waals surface area contributed by atoms with Gasteiger partial charge in [0.2, 0.25) is 0 Å². The fourth-order valence-electron chi connectivity index (χ4n) is 1.24. The van der Waals surface area contributed by atoms with Crippen LogP contribution in [0.3, 0.4) is 0 Å². The largest absolute Gasteiger partial charge is 0.462 e. The number of ether oxygens (including phenoxy) is 1. The predicted octanol–water partition coefficient (Wildman–Crippen LogP) is 2.18. The van der Waals surface area contributed by atoms with Gasteiger partial charge in [-0.25, -0.2) is 4.79 Å². The topological polar surface area (TPSA) is 44.8 Å². The minimum atomic E-state index is -2.74. The second-order valence-corrected chi connectivity index (χ2v) is 5.42. The molecule has 100 valence electrons. The monoisotopic (exact) mass is 261 g/mol. The summed E-state index contributed by atoms with van der Waals surface area (Å²) in [6, 6.07) is 0. The van der Waals surface area contributed by atoms with Crippen LogP contribution in [0.5, 0.6) is 0 Å². The number of hydrogen-bond acceptors (Lipinski definition) is 4. The first-order chi connectivity index (χ1) is 8.28. The summed E-state index contributed by atoms with van der Waals surface area (Å²) in [5, 5.41) is 0. The van der Waals surface area contributed by atoms with Crippen LogP contribution >= 0.6 is 0 Å². The summed E-state index contributed by atoms with van der Waals surface area (Å²) in [5.41, 5.74) is 0.404. The van der Waals surface area contributed by atoms with Crippen molar-refractivity contribution < 1.29 is 18.4 Å². The molecule has 5 heteroatoms. The molecule has 0 heterocycles. The molecule has 0 bridgehead atoms. The Morgan fingerprint density at radius 3 is 2.76 bits per heavy atom. The zero-order chi connectivity index (χ0) is 14.2. The molecule has 0 fully saturated rings. The van der Waals surface area contributed by atoms with Crippen LogP contribution in [0.25, 0.3) is 0 Å². The molecule has 0 aromatic carbocycles. The molecule has 0 saturated carbocycles. The quantitative estimate of drug-likeness (QED) is 0.276. The zero-order valence-electron chi connectivity index (χ0n) is 12.2. The van der Waals surface area contributed by atoms with Gasteiger partial charge in [0.1, 0.15) is 0 Å². The molecule has 0 aromatic heterocycles. The van der Waals surface area contributed by atoms with Gasteiger partial charge in [0.25, 0.3) is 0 Å². The molecule has 0 rings (SSSR count). The maximum Gasteiger partial charge on any atom is 0.333 e.